The monoisotopic (exact) mass is 416 g/mol. The average molecular weight is 417 g/mol. The standard InChI is InChI=1S/C18H13ClN4O4S/c1-10-2-5-12(6-3-10)22-17(25)13(16(24)21-18(22)28)9-20-11-4-7-14(19)15(8-11)23(26)27/h2-9,13H,1H3,(H,21,24,28)/t13-/m1/s1. The molecule has 0 unspecified atom stereocenters. The summed E-state index contributed by atoms with van der Waals surface area (Å²) in [6.07, 6.45) is 1.13. The molecule has 2 aromatic carbocycles. The zero-order chi connectivity index (χ0) is 20.4. The van der Waals surface area contributed by atoms with Crippen LogP contribution in [0.5, 0.6) is 0 Å². The van der Waals surface area contributed by atoms with E-state index in [1.54, 1.807) is 12.1 Å². The largest absolute Gasteiger partial charge is 0.301 e. The molecule has 0 aliphatic carbocycles. The predicted molar refractivity (Wildman–Crippen MR) is 109 cm³/mol. The van der Waals surface area contributed by atoms with Crippen molar-refractivity contribution in [2.75, 3.05) is 4.90 Å². The Bertz CT molecular complexity index is 1020. The van der Waals surface area contributed by atoms with Crippen molar-refractivity contribution in [3.8, 4) is 0 Å². The molecule has 2 amide bonds. The Morgan fingerprint density at radius 3 is 2.57 bits per heavy atom. The zero-order valence-electron chi connectivity index (χ0n) is 14.5. The van der Waals surface area contributed by atoms with Crippen LogP contribution in [0.15, 0.2) is 47.5 Å². The van der Waals surface area contributed by atoms with E-state index in [0.29, 0.717) is 5.69 Å². The maximum Gasteiger partial charge on any atom is 0.290 e. The minimum absolute atomic E-state index is 0.0226. The second-order valence-corrected chi connectivity index (χ2v) is 6.75. The summed E-state index contributed by atoms with van der Waals surface area (Å²) >= 11 is 10.9. The SMILES string of the molecule is Cc1ccc(N2C(=O)[C@H](C=Nc3ccc(Cl)c([N+](=O)[O-])c3)C(=O)NC2=S)cc1. The lowest BCUT2D eigenvalue weighted by Gasteiger charge is -2.30. The van der Waals surface area contributed by atoms with Crippen LogP contribution < -0.4 is 10.2 Å². The van der Waals surface area contributed by atoms with E-state index in [2.05, 4.69) is 10.3 Å². The maximum absolute atomic E-state index is 12.8. The van der Waals surface area contributed by atoms with Gasteiger partial charge in [-0.05, 0) is 43.4 Å². The highest BCUT2D eigenvalue weighted by atomic mass is 35.5. The molecule has 0 saturated carbocycles. The number of halogens is 1. The van der Waals surface area contributed by atoms with Gasteiger partial charge in [-0.2, -0.15) is 0 Å². The molecule has 28 heavy (non-hydrogen) atoms. The summed E-state index contributed by atoms with van der Waals surface area (Å²) in [6, 6.07) is 11.0. The molecule has 1 aliphatic rings. The first-order chi connectivity index (χ1) is 13.3. The Kier molecular flexibility index (Phi) is 5.48. The third-order valence-electron chi connectivity index (χ3n) is 3.99. The third kappa shape index (κ3) is 3.90. The molecule has 1 atom stereocenters. The van der Waals surface area contributed by atoms with Gasteiger partial charge in [-0.3, -0.25) is 29.6 Å². The van der Waals surface area contributed by atoms with Crippen molar-refractivity contribution in [2.24, 2.45) is 10.9 Å². The number of anilines is 1. The van der Waals surface area contributed by atoms with Gasteiger partial charge in [0.1, 0.15) is 5.02 Å². The minimum Gasteiger partial charge on any atom is -0.301 e. The fraction of sp³-hybridized carbons (Fsp3) is 0.111. The van der Waals surface area contributed by atoms with E-state index < -0.39 is 22.7 Å². The van der Waals surface area contributed by atoms with Crippen LogP contribution in [0.1, 0.15) is 5.56 Å². The smallest absolute Gasteiger partial charge is 0.290 e. The quantitative estimate of drug-likeness (QED) is 0.270. The minimum atomic E-state index is -1.23. The van der Waals surface area contributed by atoms with Crippen LogP contribution in [-0.4, -0.2) is 28.1 Å². The van der Waals surface area contributed by atoms with E-state index >= 15 is 0 Å². The van der Waals surface area contributed by atoms with Gasteiger partial charge in [0.25, 0.3) is 11.6 Å². The van der Waals surface area contributed by atoms with Crippen molar-refractivity contribution in [2.45, 2.75) is 6.92 Å². The molecule has 0 bridgehead atoms. The van der Waals surface area contributed by atoms with Crippen LogP contribution in [0.3, 0.4) is 0 Å². The van der Waals surface area contributed by atoms with Gasteiger partial charge in [-0.25, -0.2) is 0 Å². The lowest BCUT2D eigenvalue weighted by atomic mass is 10.1. The first kappa shape index (κ1) is 19.6. The Labute approximate surface area is 170 Å². The topological polar surface area (TPSA) is 105 Å². The van der Waals surface area contributed by atoms with Crippen LogP contribution in [0, 0.1) is 23.0 Å². The first-order valence-corrected chi connectivity index (χ1v) is 8.80. The van der Waals surface area contributed by atoms with Crippen LogP contribution >= 0.6 is 23.8 Å². The van der Waals surface area contributed by atoms with Gasteiger partial charge in [0, 0.05) is 12.3 Å². The van der Waals surface area contributed by atoms with Crippen molar-refractivity contribution >= 4 is 64.0 Å². The number of rotatable bonds is 4. The summed E-state index contributed by atoms with van der Waals surface area (Å²) in [4.78, 5) is 40.7. The van der Waals surface area contributed by atoms with Crippen LogP contribution in [0.2, 0.25) is 5.02 Å². The van der Waals surface area contributed by atoms with Crippen molar-refractivity contribution < 1.29 is 14.5 Å². The number of hydrogen-bond acceptors (Lipinski definition) is 6. The second-order valence-electron chi connectivity index (χ2n) is 5.95. The summed E-state index contributed by atoms with van der Waals surface area (Å²) in [5.41, 5.74) is 1.39. The zero-order valence-corrected chi connectivity index (χ0v) is 16.0. The molecular weight excluding hydrogens is 404 g/mol. The number of nitro groups is 1. The van der Waals surface area contributed by atoms with E-state index in [4.69, 9.17) is 23.8 Å². The van der Waals surface area contributed by atoms with E-state index in [0.717, 1.165) is 17.8 Å². The van der Waals surface area contributed by atoms with Crippen molar-refractivity contribution in [1.29, 1.82) is 0 Å². The highest BCUT2D eigenvalue weighted by Gasteiger charge is 2.38. The third-order valence-corrected chi connectivity index (χ3v) is 4.60. The number of aryl methyl sites for hydroxylation is 1. The Morgan fingerprint density at radius 2 is 1.93 bits per heavy atom. The van der Waals surface area contributed by atoms with Crippen LogP contribution in [-0.2, 0) is 9.59 Å². The van der Waals surface area contributed by atoms with E-state index in [9.17, 15) is 19.7 Å². The lowest BCUT2D eigenvalue weighted by molar-refractivity contribution is -0.384. The molecule has 1 N–H and O–H groups in total. The van der Waals surface area contributed by atoms with Crippen LogP contribution in [0.25, 0.3) is 0 Å². The number of hydrogen-bond donors (Lipinski definition) is 1. The lowest BCUT2D eigenvalue weighted by Crippen LogP contribution is -2.58. The molecule has 0 spiro atoms. The number of amides is 2. The molecule has 142 valence electrons. The Morgan fingerprint density at radius 1 is 1.25 bits per heavy atom. The van der Waals surface area contributed by atoms with Gasteiger partial charge in [0.15, 0.2) is 11.0 Å². The fourth-order valence-electron chi connectivity index (χ4n) is 2.54. The highest BCUT2D eigenvalue weighted by Crippen LogP contribution is 2.29. The maximum atomic E-state index is 12.8. The molecule has 2 aromatic rings. The number of aliphatic imine (C=N–C) groups is 1. The van der Waals surface area contributed by atoms with Crippen molar-refractivity contribution in [1.82, 2.24) is 5.32 Å². The van der Waals surface area contributed by atoms with Crippen molar-refractivity contribution in [3.05, 3.63) is 63.2 Å². The van der Waals surface area contributed by atoms with Gasteiger partial charge in [-0.15, -0.1) is 0 Å². The van der Waals surface area contributed by atoms with E-state index in [1.807, 2.05) is 19.1 Å². The number of nitrogens with one attached hydrogen (secondary N) is 1. The Hall–Kier alpha value is -3.17. The summed E-state index contributed by atoms with van der Waals surface area (Å²) in [6.45, 7) is 1.91. The first-order valence-electron chi connectivity index (χ1n) is 8.01. The fourth-order valence-corrected chi connectivity index (χ4v) is 3.02. The van der Waals surface area contributed by atoms with Gasteiger partial charge < -0.3 is 5.32 Å². The molecule has 3 rings (SSSR count). The van der Waals surface area contributed by atoms with Gasteiger partial charge >= 0.3 is 0 Å². The van der Waals surface area contributed by atoms with Gasteiger partial charge in [0.05, 0.1) is 16.3 Å². The normalized spacial score (nSPS) is 17.1. The molecule has 1 heterocycles. The van der Waals surface area contributed by atoms with E-state index in [-0.39, 0.29) is 21.5 Å². The molecule has 1 aliphatic heterocycles. The molecule has 0 radical (unpaired) electrons. The molecule has 8 nitrogen and oxygen atoms in total. The highest BCUT2D eigenvalue weighted by molar-refractivity contribution is 7.80. The molecule has 1 saturated heterocycles. The summed E-state index contributed by atoms with van der Waals surface area (Å²) in [5, 5.41) is 13.4. The van der Waals surface area contributed by atoms with Crippen molar-refractivity contribution in [3.63, 3.8) is 0 Å². The molecule has 1 fully saturated rings. The predicted octanol–water partition coefficient (Wildman–Crippen LogP) is 3.32. The number of benzene rings is 2. The summed E-state index contributed by atoms with van der Waals surface area (Å²) in [7, 11) is 0. The van der Waals surface area contributed by atoms with Gasteiger partial charge in [-0.1, -0.05) is 29.3 Å². The summed E-state index contributed by atoms with van der Waals surface area (Å²) < 4.78 is 0. The number of nitrogens with zero attached hydrogens (tertiary/aromatic N) is 3. The molecule has 10 heteroatoms. The average Bonchev–Trinajstić information content (AvgIpc) is 2.63. The van der Waals surface area contributed by atoms with Crippen LogP contribution in [0.4, 0.5) is 17.1 Å². The molecule has 0 aromatic heterocycles. The second kappa shape index (κ2) is 7.83. The number of nitro benzene ring substituents is 1. The molecular formula is C18H13ClN4O4S. The van der Waals surface area contributed by atoms with Gasteiger partial charge in [0.2, 0.25) is 5.91 Å². The van der Waals surface area contributed by atoms with E-state index in [1.165, 1.54) is 17.0 Å². The number of carbonyl (C=O) groups excluding carboxylic acids is 2. The summed E-state index contributed by atoms with van der Waals surface area (Å²) in [5.74, 6) is -2.42. The number of carbonyl (C=O) groups is 2. The number of thiocarbonyl (C=S) groups is 1. The Balaban J connectivity index is 1.89.